The molecule has 0 saturated heterocycles. The first-order valence-electron chi connectivity index (χ1n) is 9.78. The zero-order valence-corrected chi connectivity index (χ0v) is 17.8. The summed E-state index contributed by atoms with van der Waals surface area (Å²) in [6.45, 7) is 2.09. The fraction of sp³-hybridized carbons (Fsp3) is 0.391. The topological polar surface area (TPSA) is 30.5 Å². The van der Waals surface area contributed by atoms with E-state index in [9.17, 15) is 0 Å². The molecule has 0 saturated carbocycles. The van der Waals surface area contributed by atoms with Gasteiger partial charge >= 0.3 is 0 Å². The van der Waals surface area contributed by atoms with E-state index < -0.39 is 0 Å². The van der Waals surface area contributed by atoms with Crippen LogP contribution in [-0.2, 0) is 13.2 Å². The van der Waals surface area contributed by atoms with Gasteiger partial charge in [0, 0.05) is 22.7 Å². The highest BCUT2D eigenvalue weighted by atomic mass is 35.5. The van der Waals surface area contributed by atoms with Gasteiger partial charge < -0.3 is 14.8 Å². The highest BCUT2D eigenvalue weighted by Crippen LogP contribution is 2.34. The van der Waals surface area contributed by atoms with Gasteiger partial charge in [0.15, 0.2) is 11.5 Å². The summed E-state index contributed by atoms with van der Waals surface area (Å²) in [6, 6.07) is 11.4. The first-order valence-corrected chi connectivity index (χ1v) is 10.5. The molecule has 0 unspecified atom stereocenters. The Morgan fingerprint density at radius 3 is 2.57 bits per heavy atom. The maximum absolute atomic E-state index is 6.48. The molecule has 3 nitrogen and oxygen atoms in total. The third-order valence-electron chi connectivity index (χ3n) is 4.96. The molecule has 0 spiro atoms. The summed E-state index contributed by atoms with van der Waals surface area (Å²) in [6.07, 6.45) is 8.64. The van der Waals surface area contributed by atoms with Crippen molar-refractivity contribution >= 4 is 23.2 Å². The Bertz CT molecular complexity index is 803. The lowest BCUT2D eigenvalue weighted by Crippen LogP contribution is -2.16. The predicted octanol–water partition coefficient (Wildman–Crippen LogP) is 6.56. The van der Waals surface area contributed by atoms with Crippen LogP contribution in [0.2, 0.25) is 10.0 Å². The van der Waals surface area contributed by atoms with Gasteiger partial charge in [-0.15, -0.1) is 0 Å². The minimum Gasteiger partial charge on any atom is -0.493 e. The van der Waals surface area contributed by atoms with E-state index in [-0.39, 0.29) is 0 Å². The molecule has 3 rings (SSSR count). The predicted molar refractivity (Wildman–Crippen MR) is 117 cm³/mol. The lowest BCUT2D eigenvalue weighted by Gasteiger charge is -2.15. The monoisotopic (exact) mass is 419 g/mol. The van der Waals surface area contributed by atoms with Crippen molar-refractivity contribution in [1.82, 2.24) is 5.32 Å². The van der Waals surface area contributed by atoms with Gasteiger partial charge in [-0.25, -0.2) is 0 Å². The molecule has 0 radical (unpaired) electrons. The van der Waals surface area contributed by atoms with Crippen LogP contribution in [0.25, 0.3) is 0 Å². The lowest BCUT2D eigenvalue weighted by atomic mass is 9.97. The SMILES string of the molecule is COc1cc(CNCCC2=CCCCC2)c(Cl)cc1OCc1ccc(Cl)cc1. The second-order valence-electron chi connectivity index (χ2n) is 7.04. The highest BCUT2D eigenvalue weighted by Gasteiger charge is 2.11. The number of rotatable bonds is 9. The van der Waals surface area contributed by atoms with Gasteiger partial charge in [-0.2, -0.15) is 0 Å². The average molecular weight is 420 g/mol. The quantitative estimate of drug-likeness (QED) is 0.368. The third kappa shape index (κ3) is 6.16. The van der Waals surface area contributed by atoms with E-state index in [1.807, 2.05) is 36.4 Å². The summed E-state index contributed by atoms with van der Waals surface area (Å²) in [5.74, 6) is 1.32. The Morgan fingerprint density at radius 2 is 1.86 bits per heavy atom. The molecule has 0 amide bonds. The molecule has 1 N–H and O–H groups in total. The van der Waals surface area contributed by atoms with Gasteiger partial charge in [-0.05, 0) is 68.0 Å². The molecular weight excluding hydrogens is 393 g/mol. The molecule has 1 aliphatic rings. The van der Waals surface area contributed by atoms with Gasteiger partial charge in [0.1, 0.15) is 6.61 Å². The number of nitrogens with one attached hydrogen (secondary N) is 1. The van der Waals surface area contributed by atoms with Gasteiger partial charge in [0.2, 0.25) is 0 Å². The molecular formula is C23H27Cl2NO2. The number of hydrogen-bond acceptors (Lipinski definition) is 3. The van der Waals surface area contributed by atoms with E-state index >= 15 is 0 Å². The Morgan fingerprint density at radius 1 is 1.04 bits per heavy atom. The molecule has 2 aromatic carbocycles. The third-order valence-corrected chi connectivity index (χ3v) is 5.57. The van der Waals surface area contributed by atoms with Crippen LogP contribution in [0.3, 0.4) is 0 Å². The second-order valence-corrected chi connectivity index (χ2v) is 7.89. The molecule has 28 heavy (non-hydrogen) atoms. The lowest BCUT2D eigenvalue weighted by molar-refractivity contribution is 0.284. The van der Waals surface area contributed by atoms with Crippen LogP contribution in [0, 0.1) is 0 Å². The van der Waals surface area contributed by atoms with E-state index in [1.165, 1.54) is 25.7 Å². The van der Waals surface area contributed by atoms with Crippen LogP contribution in [0.5, 0.6) is 11.5 Å². The number of methoxy groups -OCH3 is 1. The van der Waals surface area contributed by atoms with Crippen molar-refractivity contribution in [2.24, 2.45) is 0 Å². The van der Waals surface area contributed by atoms with E-state index in [1.54, 1.807) is 12.7 Å². The van der Waals surface area contributed by atoms with Crippen molar-refractivity contribution in [3.05, 3.63) is 69.2 Å². The Kier molecular flexibility index (Phi) is 8.08. The van der Waals surface area contributed by atoms with Gasteiger partial charge in [0.05, 0.1) is 7.11 Å². The molecule has 150 valence electrons. The summed E-state index contributed by atoms with van der Waals surface area (Å²) in [7, 11) is 1.64. The summed E-state index contributed by atoms with van der Waals surface area (Å²) in [4.78, 5) is 0. The minimum absolute atomic E-state index is 0.427. The molecule has 0 bridgehead atoms. The van der Waals surface area contributed by atoms with Crippen LogP contribution in [0.4, 0.5) is 0 Å². The number of hydrogen-bond donors (Lipinski definition) is 1. The summed E-state index contributed by atoms with van der Waals surface area (Å²) < 4.78 is 11.4. The summed E-state index contributed by atoms with van der Waals surface area (Å²) >= 11 is 12.4. The number of allylic oxidation sites excluding steroid dienone is 1. The number of ether oxygens (including phenoxy) is 2. The maximum atomic E-state index is 6.48. The number of benzene rings is 2. The second kappa shape index (κ2) is 10.8. The molecule has 0 atom stereocenters. The number of halogens is 2. The van der Waals surface area contributed by atoms with Gasteiger partial charge in [-0.1, -0.05) is 47.0 Å². The average Bonchev–Trinajstić information content (AvgIpc) is 2.72. The van der Waals surface area contributed by atoms with Crippen molar-refractivity contribution in [3.63, 3.8) is 0 Å². The van der Waals surface area contributed by atoms with Crippen molar-refractivity contribution in [2.75, 3.05) is 13.7 Å². The highest BCUT2D eigenvalue weighted by molar-refractivity contribution is 6.31. The van der Waals surface area contributed by atoms with Crippen molar-refractivity contribution in [2.45, 2.75) is 45.3 Å². The molecule has 0 aliphatic heterocycles. The van der Waals surface area contributed by atoms with Crippen LogP contribution >= 0.6 is 23.2 Å². The van der Waals surface area contributed by atoms with Crippen molar-refractivity contribution < 1.29 is 9.47 Å². The van der Waals surface area contributed by atoms with E-state index in [4.69, 9.17) is 32.7 Å². The normalized spacial score (nSPS) is 13.9. The molecule has 0 fully saturated rings. The molecule has 5 heteroatoms. The molecule has 2 aromatic rings. The summed E-state index contributed by atoms with van der Waals surface area (Å²) in [5, 5.41) is 4.88. The van der Waals surface area contributed by atoms with Crippen LogP contribution in [-0.4, -0.2) is 13.7 Å². The first kappa shape index (κ1) is 21.0. The van der Waals surface area contributed by atoms with E-state index in [2.05, 4.69) is 11.4 Å². The zero-order valence-electron chi connectivity index (χ0n) is 16.3. The van der Waals surface area contributed by atoms with Gasteiger partial charge in [0.25, 0.3) is 0 Å². The van der Waals surface area contributed by atoms with Crippen molar-refractivity contribution in [1.29, 1.82) is 0 Å². The Balaban J connectivity index is 1.55. The van der Waals surface area contributed by atoms with Gasteiger partial charge in [-0.3, -0.25) is 0 Å². The standard InChI is InChI=1S/C23H27Cl2NO2/c1-27-22-13-19(15-26-12-11-17-5-3-2-4-6-17)21(25)14-23(22)28-16-18-7-9-20(24)10-8-18/h5,7-10,13-14,26H,2-4,6,11-12,15-16H2,1H3. The Hall–Kier alpha value is -1.68. The Labute approximate surface area is 177 Å². The van der Waals surface area contributed by atoms with E-state index in [0.29, 0.717) is 34.7 Å². The molecule has 0 heterocycles. The molecule has 0 aromatic heterocycles. The van der Waals surface area contributed by atoms with E-state index in [0.717, 1.165) is 24.1 Å². The summed E-state index contributed by atoms with van der Waals surface area (Å²) in [5.41, 5.74) is 3.62. The van der Waals surface area contributed by atoms with Crippen molar-refractivity contribution in [3.8, 4) is 11.5 Å². The molecule has 1 aliphatic carbocycles. The first-order chi connectivity index (χ1) is 13.7. The largest absolute Gasteiger partial charge is 0.493 e. The fourth-order valence-corrected chi connectivity index (χ4v) is 3.68. The minimum atomic E-state index is 0.427. The van der Waals surface area contributed by atoms with Crippen LogP contribution in [0.1, 0.15) is 43.2 Å². The smallest absolute Gasteiger partial charge is 0.163 e. The zero-order chi connectivity index (χ0) is 19.8. The van der Waals surface area contributed by atoms with Crippen LogP contribution in [0.15, 0.2) is 48.0 Å². The fourth-order valence-electron chi connectivity index (χ4n) is 3.33. The maximum Gasteiger partial charge on any atom is 0.163 e. The van der Waals surface area contributed by atoms with Crippen LogP contribution < -0.4 is 14.8 Å².